The van der Waals surface area contributed by atoms with Crippen LogP contribution in [0.2, 0.25) is 0 Å². The van der Waals surface area contributed by atoms with E-state index in [4.69, 9.17) is 14.9 Å². The molecule has 0 radical (unpaired) electrons. The van der Waals surface area contributed by atoms with Crippen LogP contribution in [0.25, 0.3) is 11.3 Å². The van der Waals surface area contributed by atoms with Gasteiger partial charge in [-0.15, -0.1) is 11.3 Å². The smallest absolute Gasteiger partial charge is 0.446 e. The van der Waals surface area contributed by atoms with Crippen molar-refractivity contribution in [2.75, 3.05) is 24.0 Å². The average molecular weight is 603 g/mol. The fraction of sp³-hybridized carbons (Fsp3) is 0.179. The van der Waals surface area contributed by atoms with Crippen molar-refractivity contribution in [3.63, 3.8) is 0 Å². The van der Waals surface area contributed by atoms with Crippen LogP contribution < -0.4 is 15.7 Å². The second kappa shape index (κ2) is 13.5. The molecule has 8 nitrogen and oxygen atoms in total. The number of hydrogen-bond acceptors (Lipinski definition) is 8. The summed E-state index contributed by atoms with van der Waals surface area (Å²) >= 11 is 1.21. The summed E-state index contributed by atoms with van der Waals surface area (Å²) in [4.78, 5) is 34.7. The van der Waals surface area contributed by atoms with E-state index in [-0.39, 0.29) is 35.5 Å². The number of amides is 1. The highest BCUT2D eigenvalue weighted by atomic mass is 32.2. The topological polar surface area (TPSA) is 104 Å². The van der Waals surface area contributed by atoms with Gasteiger partial charge in [-0.3, -0.25) is 19.9 Å². The number of nitrogens with one attached hydrogen (secondary N) is 2. The Kier molecular flexibility index (Phi) is 9.86. The van der Waals surface area contributed by atoms with Crippen molar-refractivity contribution in [1.29, 1.82) is 0 Å². The van der Waals surface area contributed by atoms with E-state index < -0.39 is 11.5 Å². The monoisotopic (exact) mass is 602 g/mol. The molecule has 0 aliphatic rings. The molecule has 0 aliphatic heterocycles. The van der Waals surface area contributed by atoms with E-state index >= 15 is 0 Å². The summed E-state index contributed by atoms with van der Waals surface area (Å²) in [6.45, 7) is 0.348. The summed E-state index contributed by atoms with van der Waals surface area (Å²) in [5, 5.41) is 13.8. The number of alkyl halides is 3. The number of thioether (sulfide) groups is 1. The molecule has 0 saturated carbocycles. The van der Waals surface area contributed by atoms with Gasteiger partial charge in [0.1, 0.15) is 0 Å². The van der Waals surface area contributed by atoms with E-state index in [1.807, 2.05) is 34.5 Å². The average Bonchev–Trinajstić information content (AvgIpc) is 3.42. The first-order chi connectivity index (χ1) is 19.6. The quantitative estimate of drug-likeness (QED) is 0.118. The van der Waals surface area contributed by atoms with Gasteiger partial charge in [0.15, 0.2) is 5.13 Å². The fourth-order valence-corrected chi connectivity index (χ4v) is 5.17. The standard InChI is InChI=1S/C28H25F3N4O4S2/c1-39-34-21-8-6-19(7-9-21)24-17-40-27(33-24)35(22-10-12-23(13-11-22)41-28(29,30)31)16-18-2-4-20(5-3-18)26(38)32-15-14-25(36)37/h2-13,17,34H,14-16H2,1H3,(H,32,38)(H,36,37). The number of benzene rings is 3. The van der Waals surface area contributed by atoms with Gasteiger partial charge in [-0.1, -0.05) is 24.3 Å². The zero-order valence-corrected chi connectivity index (χ0v) is 23.3. The Morgan fingerprint density at radius 3 is 2.32 bits per heavy atom. The highest BCUT2D eigenvalue weighted by Crippen LogP contribution is 2.39. The van der Waals surface area contributed by atoms with Crippen molar-refractivity contribution >= 4 is 51.5 Å². The molecule has 0 atom stereocenters. The van der Waals surface area contributed by atoms with Crippen LogP contribution in [0.3, 0.4) is 0 Å². The molecule has 4 rings (SSSR count). The molecule has 0 unspecified atom stereocenters. The third kappa shape index (κ3) is 8.71. The molecule has 4 aromatic rings. The predicted octanol–water partition coefficient (Wildman–Crippen LogP) is 6.94. The maximum Gasteiger partial charge on any atom is 0.446 e. The minimum Gasteiger partial charge on any atom is -0.481 e. The number of carboxylic acid groups (broad SMARTS) is 1. The molecule has 0 spiro atoms. The third-order valence-electron chi connectivity index (χ3n) is 5.69. The molecular weight excluding hydrogens is 577 g/mol. The third-order valence-corrected chi connectivity index (χ3v) is 7.29. The van der Waals surface area contributed by atoms with Gasteiger partial charge in [-0.2, -0.15) is 13.2 Å². The Morgan fingerprint density at radius 2 is 1.71 bits per heavy atom. The number of carbonyl (C=O) groups is 2. The first-order valence-corrected chi connectivity index (χ1v) is 13.9. The molecule has 0 bridgehead atoms. The molecule has 0 aliphatic carbocycles. The van der Waals surface area contributed by atoms with Crippen LogP contribution in [-0.2, 0) is 16.2 Å². The maximum atomic E-state index is 12.9. The summed E-state index contributed by atoms with van der Waals surface area (Å²) < 4.78 is 38.6. The minimum absolute atomic E-state index is 0.0182. The van der Waals surface area contributed by atoms with Crippen LogP contribution in [0.5, 0.6) is 0 Å². The number of hydrogen-bond donors (Lipinski definition) is 3. The minimum atomic E-state index is -4.39. The molecule has 41 heavy (non-hydrogen) atoms. The van der Waals surface area contributed by atoms with Crippen LogP contribution in [-0.4, -0.2) is 41.1 Å². The number of anilines is 3. The number of nitrogens with zero attached hydrogens (tertiary/aromatic N) is 2. The second-order valence-electron chi connectivity index (χ2n) is 8.62. The molecule has 3 aromatic carbocycles. The molecule has 1 aromatic heterocycles. The number of rotatable bonds is 12. The SMILES string of the molecule is CONc1ccc(-c2csc(N(Cc3ccc(C(=O)NCCC(=O)O)cc3)c3ccc(SC(F)(F)F)cc3)n2)cc1. The zero-order valence-electron chi connectivity index (χ0n) is 21.6. The van der Waals surface area contributed by atoms with E-state index in [0.717, 1.165) is 22.5 Å². The van der Waals surface area contributed by atoms with E-state index in [1.165, 1.54) is 30.6 Å². The molecule has 1 amide bonds. The lowest BCUT2D eigenvalue weighted by Gasteiger charge is -2.23. The Hall–Kier alpha value is -4.07. The summed E-state index contributed by atoms with van der Waals surface area (Å²) in [5.74, 6) is -1.39. The van der Waals surface area contributed by atoms with Crippen molar-refractivity contribution in [3.8, 4) is 11.3 Å². The molecular formula is C28H25F3N4O4S2. The fourth-order valence-electron chi connectivity index (χ4n) is 3.77. The van der Waals surface area contributed by atoms with Crippen LogP contribution in [0.4, 0.5) is 29.7 Å². The molecule has 13 heteroatoms. The second-order valence-corrected chi connectivity index (χ2v) is 10.6. The zero-order chi connectivity index (χ0) is 29.4. The normalized spacial score (nSPS) is 11.2. The number of carboxylic acids is 1. The maximum absolute atomic E-state index is 12.9. The highest BCUT2D eigenvalue weighted by Gasteiger charge is 2.29. The predicted molar refractivity (Wildman–Crippen MR) is 153 cm³/mol. The largest absolute Gasteiger partial charge is 0.481 e. The lowest BCUT2D eigenvalue weighted by Crippen LogP contribution is -2.26. The number of thiazole rings is 1. The van der Waals surface area contributed by atoms with Crippen molar-refractivity contribution in [2.45, 2.75) is 23.4 Å². The first-order valence-electron chi connectivity index (χ1n) is 12.2. The number of carbonyl (C=O) groups excluding carboxylic acids is 1. The van der Waals surface area contributed by atoms with Crippen LogP contribution in [0, 0.1) is 0 Å². The van der Waals surface area contributed by atoms with Gasteiger partial charge in [0.05, 0.1) is 31.5 Å². The van der Waals surface area contributed by atoms with E-state index in [2.05, 4.69) is 10.8 Å². The molecule has 3 N–H and O–H groups in total. The Balaban J connectivity index is 1.57. The Labute approximate surface area is 242 Å². The van der Waals surface area contributed by atoms with Gasteiger partial charge in [-0.25, -0.2) is 4.98 Å². The Bertz CT molecular complexity index is 1460. The van der Waals surface area contributed by atoms with Gasteiger partial charge in [-0.05, 0) is 65.9 Å². The van der Waals surface area contributed by atoms with Gasteiger partial charge in [0, 0.05) is 33.6 Å². The lowest BCUT2D eigenvalue weighted by molar-refractivity contribution is -0.136. The molecule has 0 saturated heterocycles. The van der Waals surface area contributed by atoms with Gasteiger partial charge >= 0.3 is 11.5 Å². The summed E-state index contributed by atoms with van der Waals surface area (Å²) in [6, 6.07) is 20.4. The number of halogens is 3. The van der Waals surface area contributed by atoms with E-state index in [1.54, 1.807) is 36.4 Å². The van der Waals surface area contributed by atoms with Crippen molar-refractivity contribution in [1.82, 2.24) is 10.3 Å². The highest BCUT2D eigenvalue weighted by molar-refractivity contribution is 8.00. The van der Waals surface area contributed by atoms with Crippen molar-refractivity contribution < 1.29 is 32.7 Å². The van der Waals surface area contributed by atoms with E-state index in [0.29, 0.717) is 22.9 Å². The summed E-state index contributed by atoms with van der Waals surface area (Å²) in [5.41, 5.74) is 2.61. The summed E-state index contributed by atoms with van der Waals surface area (Å²) in [7, 11) is 1.52. The van der Waals surface area contributed by atoms with Gasteiger partial charge in [0.25, 0.3) is 5.91 Å². The first kappa shape index (κ1) is 29.9. The number of aromatic nitrogens is 1. The van der Waals surface area contributed by atoms with Crippen molar-refractivity contribution in [2.24, 2.45) is 0 Å². The van der Waals surface area contributed by atoms with Gasteiger partial charge < -0.3 is 15.3 Å². The van der Waals surface area contributed by atoms with Crippen LogP contribution in [0.1, 0.15) is 22.3 Å². The van der Waals surface area contributed by atoms with Gasteiger partial charge in [0.2, 0.25) is 0 Å². The van der Waals surface area contributed by atoms with Crippen LogP contribution in [0.15, 0.2) is 83.1 Å². The summed E-state index contributed by atoms with van der Waals surface area (Å²) in [6.07, 6.45) is -0.178. The molecule has 214 valence electrons. The molecule has 0 fully saturated rings. The molecule has 1 heterocycles. The number of aliphatic carboxylic acids is 1. The van der Waals surface area contributed by atoms with Crippen molar-refractivity contribution in [3.05, 3.63) is 89.3 Å². The van der Waals surface area contributed by atoms with Crippen LogP contribution >= 0.6 is 23.1 Å². The Morgan fingerprint density at radius 1 is 1.02 bits per heavy atom. The lowest BCUT2D eigenvalue weighted by atomic mass is 10.1. The van der Waals surface area contributed by atoms with E-state index in [9.17, 15) is 22.8 Å².